The minimum absolute atomic E-state index is 0.101. The van der Waals surface area contributed by atoms with Crippen LogP contribution in [-0.4, -0.2) is 31.9 Å². The topological polar surface area (TPSA) is 59.6 Å². The van der Waals surface area contributed by atoms with E-state index in [2.05, 4.69) is 101 Å². The number of anilines is 1. The van der Waals surface area contributed by atoms with Crippen LogP contribution in [0.25, 0.3) is 0 Å². The Hall–Kier alpha value is -3.31. The van der Waals surface area contributed by atoms with Gasteiger partial charge in [-0.05, 0) is 57.3 Å². The largest absolute Gasteiger partial charge is 0.497 e. The number of methoxy groups -OCH3 is 1. The molecule has 1 heterocycles. The minimum Gasteiger partial charge on any atom is -0.497 e. The molecular formula is C33H42N2O3. The van der Waals surface area contributed by atoms with E-state index >= 15 is 0 Å². The molecule has 0 spiro atoms. The summed E-state index contributed by atoms with van der Waals surface area (Å²) in [7, 11) is 1.62. The third-order valence-corrected chi connectivity index (χ3v) is 7.41. The molecule has 4 rings (SSSR count). The summed E-state index contributed by atoms with van der Waals surface area (Å²) in [6.45, 7) is 14.1. The van der Waals surface area contributed by atoms with Gasteiger partial charge in [0, 0.05) is 30.6 Å². The van der Waals surface area contributed by atoms with E-state index in [1.54, 1.807) is 19.2 Å². The molecule has 5 nitrogen and oxygen atoms in total. The van der Waals surface area contributed by atoms with Gasteiger partial charge in [-0.1, -0.05) is 90.1 Å². The molecule has 5 heteroatoms. The molecule has 0 aliphatic carbocycles. The van der Waals surface area contributed by atoms with Crippen LogP contribution in [0.15, 0.2) is 72.8 Å². The molecular weight excluding hydrogens is 472 g/mol. The van der Waals surface area contributed by atoms with Crippen molar-refractivity contribution in [1.29, 1.82) is 0 Å². The first-order valence-corrected chi connectivity index (χ1v) is 13.5. The summed E-state index contributed by atoms with van der Waals surface area (Å²) in [5.41, 5.74) is 6.05. The van der Waals surface area contributed by atoms with Gasteiger partial charge in [0.1, 0.15) is 11.9 Å². The van der Waals surface area contributed by atoms with Crippen molar-refractivity contribution in [1.82, 2.24) is 5.32 Å². The molecule has 1 fully saturated rings. The van der Waals surface area contributed by atoms with Gasteiger partial charge < -0.3 is 14.8 Å². The van der Waals surface area contributed by atoms with E-state index < -0.39 is 6.09 Å². The van der Waals surface area contributed by atoms with Crippen molar-refractivity contribution in [2.24, 2.45) is 0 Å². The highest BCUT2D eigenvalue weighted by Crippen LogP contribution is 2.35. The summed E-state index contributed by atoms with van der Waals surface area (Å²) in [5, 5.41) is 6.48. The minimum atomic E-state index is -0.441. The molecule has 0 bridgehead atoms. The van der Waals surface area contributed by atoms with Gasteiger partial charge in [-0.15, -0.1) is 0 Å². The first-order chi connectivity index (χ1) is 17.9. The number of hydrogen-bond donors (Lipinski definition) is 2. The molecule has 2 atom stereocenters. The molecule has 38 heavy (non-hydrogen) atoms. The van der Waals surface area contributed by atoms with E-state index in [4.69, 9.17) is 9.47 Å². The monoisotopic (exact) mass is 514 g/mol. The maximum absolute atomic E-state index is 12.6. The fourth-order valence-corrected chi connectivity index (χ4v) is 5.09. The second-order valence-electron chi connectivity index (χ2n) is 12.4. The van der Waals surface area contributed by atoms with Crippen molar-refractivity contribution in [2.45, 2.75) is 76.9 Å². The van der Waals surface area contributed by atoms with Crippen LogP contribution >= 0.6 is 0 Å². The molecule has 2 N–H and O–H groups in total. The Labute approximate surface area is 228 Å². The van der Waals surface area contributed by atoms with Gasteiger partial charge in [-0.25, -0.2) is 4.79 Å². The van der Waals surface area contributed by atoms with Gasteiger partial charge in [0.15, 0.2) is 0 Å². The van der Waals surface area contributed by atoms with Crippen LogP contribution in [0, 0.1) is 0 Å². The molecule has 1 amide bonds. The quantitative estimate of drug-likeness (QED) is 0.360. The van der Waals surface area contributed by atoms with E-state index in [1.807, 2.05) is 12.1 Å². The van der Waals surface area contributed by atoms with Crippen LogP contribution in [0.5, 0.6) is 5.75 Å². The molecule has 0 aromatic heterocycles. The van der Waals surface area contributed by atoms with Crippen LogP contribution in [-0.2, 0) is 15.6 Å². The zero-order valence-corrected chi connectivity index (χ0v) is 23.8. The average Bonchev–Trinajstić information content (AvgIpc) is 3.32. The van der Waals surface area contributed by atoms with Crippen molar-refractivity contribution >= 4 is 11.8 Å². The van der Waals surface area contributed by atoms with Crippen LogP contribution < -0.4 is 15.4 Å². The molecule has 1 aliphatic heterocycles. The van der Waals surface area contributed by atoms with E-state index in [0.717, 1.165) is 12.2 Å². The van der Waals surface area contributed by atoms with Gasteiger partial charge in [-0.3, -0.25) is 5.32 Å². The smallest absolute Gasteiger partial charge is 0.411 e. The Balaban J connectivity index is 1.51. The zero-order valence-electron chi connectivity index (χ0n) is 23.8. The molecule has 1 unspecified atom stereocenters. The zero-order chi connectivity index (χ0) is 27.5. The second kappa shape index (κ2) is 11.2. The molecule has 3 aromatic carbocycles. The highest BCUT2D eigenvalue weighted by molar-refractivity contribution is 5.84. The maximum atomic E-state index is 12.6. The standard InChI is InChI=1S/C33H42N2O3/c1-32(2,3)24-12-8-22(9-13-24)30(23-10-14-25(15-11-23)33(4,5)6)29-20-28(21-34-29)38-31(36)35-26-16-18-27(37-7)19-17-26/h8-19,28-30,34H,20-21H2,1-7H3,(H,35,36)/t28-,29?/m1/s1. The number of carbonyl (C=O) groups is 1. The SMILES string of the molecule is COc1ccc(NC(=O)O[C@H]2CNC(C(c3ccc(C(C)(C)C)cc3)c3ccc(C(C)(C)C)cc3)C2)cc1. The van der Waals surface area contributed by atoms with Crippen molar-refractivity contribution < 1.29 is 14.3 Å². The van der Waals surface area contributed by atoms with Crippen molar-refractivity contribution in [2.75, 3.05) is 19.0 Å². The summed E-state index contributed by atoms with van der Waals surface area (Å²) in [5.74, 6) is 0.889. The van der Waals surface area contributed by atoms with E-state index in [9.17, 15) is 4.79 Å². The molecule has 202 valence electrons. The number of hydrogen-bond acceptors (Lipinski definition) is 4. The van der Waals surface area contributed by atoms with Crippen molar-refractivity contribution in [3.63, 3.8) is 0 Å². The normalized spacial score (nSPS) is 17.9. The predicted octanol–water partition coefficient (Wildman–Crippen LogP) is 7.40. The Bertz CT molecular complexity index is 1150. The molecule has 0 radical (unpaired) electrons. The average molecular weight is 515 g/mol. The van der Waals surface area contributed by atoms with Crippen molar-refractivity contribution in [3.05, 3.63) is 95.1 Å². The third kappa shape index (κ3) is 6.76. The summed E-state index contributed by atoms with van der Waals surface area (Å²) in [4.78, 5) is 12.6. The molecule has 1 aliphatic rings. The lowest BCUT2D eigenvalue weighted by molar-refractivity contribution is 0.119. The lowest BCUT2D eigenvalue weighted by Gasteiger charge is -2.27. The van der Waals surface area contributed by atoms with Gasteiger partial charge in [-0.2, -0.15) is 0 Å². The summed E-state index contributed by atoms with van der Waals surface area (Å²) < 4.78 is 11.0. The number of benzene rings is 3. The maximum Gasteiger partial charge on any atom is 0.411 e. The third-order valence-electron chi connectivity index (χ3n) is 7.41. The van der Waals surface area contributed by atoms with E-state index in [-0.39, 0.29) is 28.9 Å². The van der Waals surface area contributed by atoms with Crippen LogP contribution in [0.4, 0.5) is 10.5 Å². The first kappa shape index (κ1) is 27.7. The van der Waals surface area contributed by atoms with Crippen LogP contribution in [0.3, 0.4) is 0 Å². The molecule has 3 aromatic rings. The Morgan fingerprint density at radius 3 is 1.76 bits per heavy atom. The lowest BCUT2D eigenvalue weighted by atomic mass is 9.80. The van der Waals surface area contributed by atoms with Gasteiger partial charge in [0.2, 0.25) is 0 Å². The number of rotatable bonds is 6. The highest BCUT2D eigenvalue weighted by Gasteiger charge is 2.34. The summed E-state index contributed by atoms with van der Waals surface area (Å²) in [6, 6.07) is 25.4. The fraction of sp³-hybridized carbons (Fsp3) is 0.424. The summed E-state index contributed by atoms with van der Waals surface area (Å²) in [6.07, 6.45) is 0.0922. The predicted molar refractivity (Wildman–Crippen MR) is 155 cm³/mol. The number of carbonyl (C=O) groups excluding carboxylic acids is 1. The fourth-order valence-electron chi connectivity index (χ4n) is 5.09. The van der Waals surface area contributed by atoms with Gasteiger partial charge in [0.25, 0.3) is 0 Å². The van der Waals surface area contributed by atoms with Gasteiger partial charge >= 0.3 is 6.09 Å². The Morgan fingerprint density at radius 2 is 1.32 bits per heavy atom. The van der Waals surface area contributed by atoms with Crippen LogP contribution in [0.2, 0.25) is 0 Å². The molecule has 1 saturated heterocycles. The summed E-state index contributed by atoms with van der Waals surface area (Å²) >= 11 is 0. The second-order valence-corrected chi connectivity index (χ2v) is 12.4. The lowest BCUT2D eigenvalue weighted by Crippen LogP contribution is -2.30. The Kier molecular flexibility index (Phi) is 8.17. The number of nitrogens with one attached hydrogen (secondary N) is 2. The van der Waals surface area contributed by atoms with E-state index in [0.29, 0.717) is 12.2 Å². The Morgan fingerprint density at radius 1 is 0.816 bits per heavy atom. The molecule has 0 saturated carbocycles. The first-order valence-electron chi connectivity index (χ1n) is 13.5. The van der Waals surface area contributed by atoms with Gasteiger partial charge in [0.05, 0.1) is 7.11 Å². The number of amides is 1. The number of ether oxygens (including phenoxy) is 2. The van der Waals surface area contributed by atoms with E-state index in [1.165, 1.54) is 22.3 Å². The highest BCUT2D eigenvalue weighted by atomic mass is 16.6. The van der Waals surface area contributed by atoms with Crippen molar-refractivity contribution in [3.8, 4) is 5.75 Å². The van der Waals surface area contributed by atoms with Crippen LogP contribution in [0.1, 0.15) is 76.1 Å².